The van der Waals surface area contributed by atoms with Gasteiger partial charge in [-0.1, -0.05) is 13.0 Å². The van der Waals surface area contributed by atoms with E-state index in [0.717, 1.165) is 23.4 Å². The number of ether oxygens (including phenoxy) is 1. The van der Waals surface area contributed by atoms with Gasteiger partial charge in [-0.15, -0.1) is 11.6 Å². The van der Waals surface area contributed by atoms with Crippen LogP contribution in [0.2, 0.25) is 0 Å². The van der Waals surface area contributed by atoms with Gasteiger partial charge in [0.15, 0.2) is 0 Å². The zero-order chi connectivity index (χ0) is 13.8. The summed E-state index contributed by atoms with van der Waals surface area (Å²) >= 11 is 5.86. The summed E-state index contributed by atoms with van der Waals surface area (Å²) in [6.45, 7) is 5.45. The molecule has 1 heterocycles. The fourth-order valence-electron chi connectivity index (χ4n) is 2.29. The first kappa shape index (κ1) is 14.2. The fourth-order valence-corrected chi connectivity index (χ4v) is 2.50. The van der Waals surface area contributed by atoms with Gasteiger partial charge in [0.2, 0.25) is 5.91 Å². The number of nitrogens with zero attached hydrogens (tertiary/aromatic N) is 1. The van der Waals surface area contributed by atoms with Crippen molar-refractivity contribution in [2.24, 2.45) is 5.92 Å². The molecule has 19 heavy (non-hydrogen) atoms. The van der Waals surface area contributed by atoms with Crippen LogP contribution in [0, 0.1) is 12.8 Å². The van der Waals surface area contributed by atoms with Gasteiger partial charge < -0.3 is 9.64 Å². The van der Waals surface area contributed by atoms with Crippen molar-refractivity contribution in [1.82, 2.24) is 0 Å². The average molecular weight is 282 g/mol. The van der Waals surface area contributed by atoms with Gasteiger partial charge >= 0.3 is 0 Å². The molecule has 0 bridgehead atoms. The molecule has 0 aromatic heterocycles. The average Bonchev–Trinajstić information content (AvgIpc) is 2.78. The monoisotopic (exact) mass is 281 g/mol. The van der Waals surface area contributed by atoms with Crippen LogP contribution in [0.5, 0.6) is 5.75 Å². The Morgan fingerprint density at radius 2 is 2.26 bits per heavy atom. The largest absolute Gasteiger partial charge is 0.491 e. The number of aryl methyl sites for hydroxylation is 1. The molecule has 0 saturated carbocycles. The van der Waals surface area contributed by atoms with E-state index >= 15 is 0 Å². The SMILES string of the molecule is CCCOc1cc(C)ccc1N1CC(CCl)CC1=O. The second kappa shape index (κ2) is 6.29. The third-order valence-electron chi connectivity index (χ3n) is 3.29. The van der Waals surface area contributed by atoms with Gasteiger partial charge in [-0.2, -0.15) is 0 Å². The van der Waals surface area contributed by atoms with Crippen LogP contribution >= 0.6 is 11.6 Å². The van der Waals surface area contributed by atoms with Crippen molar-refractivity contribution >= 4 is 23.2 Å². The van der Waals surface area contributed by atoms with Crippen molar-refractivity contribution in [3.63, 3.8) is 0 Å². The number of halogens is 1. The van der Waals surface area contributed by atoms with Crippen molar-refractivity contribution in [2.75, 3.05) is 23.9 Å². The van der Waals surface area contributed by atoms with E-state index in [-0.39, 0.29) is 11.8 Å². The summed E-state index contributed by atoms with van der Waals surface area (Å²) in [6.07, 6.45) is 1.48. The normalized spacial score (nSPS) is 19.0. The molecule has 104 valence electrons. The van der Waals surface area contributed by atoms with E-state index in [4.69, 9.17) is 16.3 Å². The van der Waals surface area contributed by atoms with E-state index in [0.29, 0.717) is 25.5 Å². The first-order valence-corrected chi connectivity index (χ1v) is 7.29. The zero-order valence-corrected chi connectivity index (χ0v) is 12.2. The summed E-state index contributed by atoms with van der Waals surface area (Å²) in [5.41, 5.74) is 2.01. The van der Waals surface area contributed by atoms with Gasteiger partial charge in [0, 0.05) is 18.8 Å². The van der Waals surface area contributed by atoms with E-state index in [1.165, 1.54) is 0 Å². The predicted molar refractivity (Wildman–Crippen MR) is 78.1 cm³/mol. The molecule has 0 N–H and O–H groups in total. The number of hydrogen-bond donors (Lipinski definition) is 0. The van der Waals surface area contributed by atoms with E-state index in [1.807, 2.05) is 25.1 Å². The minimum absolute atomic E-state index is 0.135. The van der Waals surface area contributed by atoms with E-state index in [2.05, 4.69) is 6.92 Å². The van der Waals surface area contributed by atoms with Crippen molar-refractivity contribution in [3.8, 4) is 5.75 Å². The number of benzene rings is 1. The Balaban J connectivity index is 2.25. The number of anilines is 1. The van der Waals surface area contributed by atoms with Crippen LogP contribution in [0.15, 0.2) is 18.2 Å². The van der Waals surface area contributed by atoms with E-state index < -0.39 is 0 Å². The van der Waals surface area contributed by atoms with Crippen molar-refractivity contribution in [3.05, 3.63) is 23.8 Å². The lowest BCUT2D eigenvalue weighted by molar-refractivity contribution is -0.117. The van der Waals surface area contributed by atoms with Gasteiger partial charge in [0.1, 0.15) is 5.75 Å². The number of carbonyl (C=O) groups is 1. The van der Waals surface area contributed by atoms with E-state index in [9.17, 15) is 4.79 Å². The predicted octanol–water partition coefficient (Wildman–Crippen LogP) is 3.38. The highest BCUT2D eigenvalue weighted by Gasteiger charge is 2.31. The van der Waals surface area contributed by atoms with Crippen molar-refractivity contribution in [2.45, 2.75) is 26.7 Å². The zero-order valence-electron chi connectivity index (χ0n) is 11.5. The minimum atomic E-state index is 0.135. The van der Waals surface area contributed by atoms with E-state index in [1.54, 1.807) is 4.90 Å². The molecular formula is C15H20ClNO2. The number of alkyl halides is 1. The minimum Gasteiger partial charge on any atom is -0.491 e. The highest BCUT2D eigenvalue weighted by molar-refractivity contribution is 6.18. The summed E-state index contributed by atoms with van der Waals surface area (Å²) in [5.74, 6) is 1.70. The van der Waals surface area contributed by atoms with Crippen LogP contribution in [0.25, 0.3) is 0 Å². The van der Waals surface area contributed by atoms with Gasteiger partial charge in [-0.3, -0.25) is 4.79 Å². The molecule has 2 rings (SSSR count). The molecular weight excluding hydrogens is 262 g/mol. The maximum absolute atomic E-state index is 12.1. The number of hydrogen-bond acceptors (Lipinski definition) is 2. The van der Waals surface area contributed by atoms with Gasteiger partial charge in [-0.05, 0) is 37.0 Å². The van der Waals surface area contributed by atoms with Crippen LogP contribution in [-0.2, 0) is 4.79 Å². The Kier molecular flexibility index (Phi) is 4.70. The van der Waals surface area contributed by atoms with Crippen LogP contribution in [0.1, 0.15) is 25.3 Å². The Morgan fingerprint density at radius 1 is 1.47 bits per heavy atom. The molecule has 1 aromatic rings. The highest BCUT2D eigenvalue weighted by atomic mass is 35.5. The molecule has 1 aromatic carbocycles. The quantitative estimate of drug-likeness (QED) is 0.775. The number of carbonyl (C=O) groups excluding carboxylic acids is 1. The molecule has 1 saturated heterocycles. The van der Waals surface area contributed by atoms with Crippen molar-refractivity contribution in [1.29, 1.82) is 0 Å². The summed E-state index contributed by atoms with van der Waals surface area (Å²) in [7, 11) is 0. The lowest BCUT2D eigenvalue weighted by Crippen LogP contribution is -2.25. The maximum atomic E-state index is 12.1. The van der Waals surface area contributed by atoms with Gasteiger partial charge in [0.25, 0.3) is 0 Å². The maximum Gasteiger partial charge on any atom is 0.227 e. The second-order valence-electron chi connectivity index (χ2n) is 5.05. The first-order chi connectivity index (χ1) is 9.15. The smallest absolute Gasteiger partial charge is 0.227 e. The van der Waals surface area contributed by atoms with Crippen LogP contribution in [0.3, 0.4) is 0 Å². The molecule has 4 heteroatoms. The third kappa shape index (κ3) is 3.21. The Hall–Kier alpha value is -1.22. The lowest BCUT2D eigenvalue weighted by Gasteiger charge is -2.20. The molecule has 3 nitrogen and oxygen atoms in total. The summed E-state index contributed by atoms with van der Waals surface area (Å²) in [6, 6.07) is 5.97. The van der Waals surface area contributed by atoms with Crippen molar-refractivity contribution < 1.29 is 9.53 Å². The molecule has 1 unspecified atom stereocenters. The Morgan fingerprint density at radius 3 is 2.89 bits per heavy atom. The highest BCUT2D eigenvalue weighted by Crippen LogP contribution is 2.34. The molecule has 0 spiro atoms. The fraction of sp³-hybridized carbons (Fsp3) is 0.533. The number of rotatable bonds is 5. The van der Waals surface area contributed by atoms with Crippen LogP contribution in [0.4, 0.5) is 5.69 Å². The Labute approximate surface area is 119 Å². The topological polar surface area (TPSA) is 29.5 Å². The molecule has 1 aliphatic heterocycles. The lowest BCUT2D eigenvalue weighted by atomic mass is 10.1. The first-order valence-electron chi connectivity index (χ1n) is 6.75. The van der Waals surface area contributed by atoms with Crippen LogP contribution < -0.4 is 9.64 Å². The molecule has 1 fully saturated rings. The number of amides is 1. The third-order valence-corrected chi connectivity index (χ3v) is 3.73. The summed E-state index contributed by atoms with van der Waals surface area (Å²) in [4.78, 5) is 13.9. The summed E-state index contributed by atoms with van der Waals surface area (Å²) in [5, 5.41) is 0. The molecule has 0 radical (unpaired) electrons. The summed E-state index contributed by atoms with van der Waals surface area (Å²) < 4.78 is 5.77. The molecule has 1 amide bonds. The molecule has 0 aliphatic carbocycles. The standard InChI is InChI=1S/C15H20ClNO2/c1-3-6-19-14-7-11(2)4-5-13(14)17-10-12(9-16)8-15(17)18/h4-5,7,12H,3,6,8-10H2,1-2H3. The molecule has 1 atom stereocenters. The van der Waals surface area contributed by atoms with Gasteiger partial charge in [-0.25, -0.2) is 0 Å². The van der Waals surface area contributed by atoms with Gasteiger partial charge in [0.05, 0.1) is 12.3 Å². The van der Waals surface area contributed by atoms with Crippen LogP contribution in [-0.4, -0.2) is 24.9 Å². The molecule has 1 aliphatic rings. The second-order valence-corrected chi connectivity index (χ2v) is 5.36. The Bertz CT molecular complexity index is 461.